The molecule has 0 aliphatic heterocycles. The van der Waals surface area contributed by atoms with Crippen LogP contribution >= 0.6 is 11.6 Å². The molecule has 4 rings (SSSR count). The molecule has 33 heavy (non-hydrogen) atoms. The number of carbonyl (C=O) groups is 1. The fourth-order valence-corrected chi connectivity index (χ4v) is 3.50. The molecule has 0 spiro atoms. The summed E-state index contributed by atoms with van der Waals surface area (Å²) in [5.41, 5.74) is 2.10. The monoisotopic (exact) mass is 463 g/mol. The van der Waals surface area contributed by atoms with Crippen molar-refractivity contribution in [3.63, 3.8) is 0 Å². The highest BCUT2D eigenvalue weighted by Gasteiger charge is 2.10. The Labute approximate surface area is 195 Å². The molecule has 0 unspecified atom stereocenters. The number of halogens is 1. The van der Waals surface area contributed by atoms with Crippen molar-refractivity contribution in [2.24, 2.45) is 0 Å². The van der Waals surface area contributed by atoms with Gasteiger partial charge in [-0.25, -0.2) is 4.98 Å². The first-order valence-corrected chi connectivity index (χ1v) is 10.7. The predicted octanol–water partition coefficient (Wildman–Crippen LogP) is 3.95. The van der Waals surface area contributed by atoms with Crippen LogP contribution in [0.4, 0.5) is 0 Å². The van der Waals surface area contributed by atoms with Crippen LogP contribution in [0.15, 0.2) is 77.9 Å². The van der Waals surface area contributed by atoms with Gasteiger partial charge in [-0.3, -0.25) is 14.2 Å². The van der Waals surface area contributed by atoms with Gasteiger partial charge in [-0.1, -0.05) is 48.0 Å². The first kappa shape index (κ1) is 22.4. The third-order valence-electron chi connectivity index (χ3n) is 5.05. The van der Waals surface area contributed by atoms with E-state index in [1.807, 2.05) is 48.5 Å². The third kappa shape index (κ3) is 5.51. The van der Waals surface area contributed by atoms with Gasteiger partial charge in [0.25, 0.3) is 5.56 Å². The van der Waals surface area contributed by atoms with E-state index in [1.54, 1.807) is 25.3 Å². The Morgan fingerprint density at radius 3 is 2.64 bits per heavy atom. The molecule has 1 heterocycles. The summed E-state index contributed by atoms with van der Waals surface area (Å²) in [6.45, 7) is 0.548. The molecule has 0 atom stereocenters. The van der Waals surface area contributed by atoms with Gasteiger partial charge in [-0.05, 0) is 41.5 Å². The molecule has 1 amide bonds. The van der Waals surface area contributed by atoms with E-state index in [-0.39, 0.29) is 24.6 Å². The van der Waals surface area contributed by atoms with Gasteiger partial charge in [0.2, 0.25) is 5.91 Å². The van der Waals surface area contributed by atoms with E-state index in [4.69, 9.17) is 21.1 Å². The quantitative estimate of drug-likeness (QED) is 0.428. The zero-order valence-corrected chi connectivity index (χ0v) is 18.7. The lowest BCUT2D eigenvalue weighted by atomic mass is 10.2. The molecule has 0 saturated carbocycles. The molecule has 8 heteroatoms. The number of fused-ring (bicyclic) bond motifs is 1. The van der Waals surface area contributed by atoms with Crippen molar-refractivity contribution in [3.8, 4) is 11.5 Å². The first-order chi connectivity index (χ1) is 16.0. The average molecular weight is 464 g/mol. The van der Waals surface area contributed by atoms with Crippen molar-refractivity contribution >= 4 is 28.4 Å². The molecule has 0 bridgehead atoms. The summed E-state index contributed by atoms with van der Waals surface area (Å²) in [5, 5.41) is 3.62. The van der Waals surface area contributed by atoms with Gasteiger partial charge >= 0.3 is 0 Å². The lowest BCUT2D eigenvalue weighted by molar-refractivity contribution is -0.121. The maximum Gasteiger partial charge on any atom is 0.261 e. The van der Waals surface area contributed by atoms with Crippen molar-refractivity contribution in [1.82, 2.24) is 14.9 Å². The number of methoxy groups -OCH3 is 1. The second-order valence-electron chi connectivity index (χ2n) is 7.38. The molecule has 7 nitrogen and oxygen atoms in total. The third-order valence-corrected chi connectivity index (χ3v) is 5.29. The SMILES string of the molecule is COc1cc(CNC(=O)Cn2cnc3ccc(Cl)cc3c2=O)ccc1OCc1ccccc1. The second-order valence-corrected chi connectivity index (χ2v) is 7.81. The average Bonchev–Trinajstić information content (AvgIpc) is 2.84. The Balaban J connectivity index is 1.38. The lowest BCUT2D eigenvalue weighted by Crippen LogP contribution is -2.32. The van der Waals surface area contributed by atoms with Crippen molar-refractivity contribution < 1.29 is 14.3 Å². The minimum absolute atomic E-state index is 0.149. The molecular formula is C25H22ClN3O4. The number of hydrogen-bond donors (Lipinski definition) is 1. The van der Waals surface area contributed by atoms with E-state index in [1.165, 1.54) is 10.9 Å². The van der Waals surface area contributed by atoms with Crippen molar-refractivity contribution in [3.05, 3.63) is 99.6 Å². The van der Waals surface area contributed by atoms with Crippen LogP contribution in [-0.4, -0.2) is 22.6 Å². The van der Waals surface area contributed by atoms with E-state index < -0.39 is 0 Å². The molecule has 0 aliphatic carbocycles. The molecule has 168 valence electrons. The van der Waals surface area contributed by atoms with Crippen LogP contribution in [0.5, 0.6) is 11.5 Å². The lowest BCUT2D eigenvalue weighted by Gasteiger charge is -2.13. The number of rotatable bonds is 8. The van der Waals surface area contributed by atoms with E-state index in [9.17, 15) is 9.59 Å². The molecule has 1 aromatic heterocycles. The van der Waals surface area contributed by atoms with Gasteiger partial charge in [-0.15, -0.1) is 0 Å². The number of hydrogen-bond acceptors (Lipinski definition) is 5. The minimum atomic E-state index is -0.320. The normalized spacial score (nSPS) is 10.7. The van der Waals surface area contributed by atoms with Gasteiger partial charge in [0.1, 0.15) is 13.2 Å². The van der Waals surface area contributed by atoms with E-state index in [2.05, 4.69) is 10.3 Å². The van der Waals surface area contributed by atoms with Gasteiger partial charge < -0.3 is 14.8 Å². The number of nitrogens with one attached hydrogen (secondary N) is 1. The van der Waals surface area contributed by atoms with Crippen molar-refractivity contribution in [2.45, 2.75) is 19.7 Å². The van der Waals surface area contributed by atoms with Crippen LogP contribution in [-0.2, 0) is 24.5 Å². The smallest absolute Gasteiger partial charge is 0.261 e. The Morgan fingerprint density at radius 2 is 1.85 bits per heavy atom. The summed E-state index contributed by atoms with van der Waals surface area (Å²) < 4.78 is 12.6. The standard InChI is InChI=1S/C25H22ClN3O4/c1-32-23-11-18(7-10-22(23)33-15-17-5-3-2-4-6-17)13-27-24(30)14-29-16-28-21-9-8-19(26)12-20(21)25(29)31/h2-12,16H,13-15H2,1H3,(H,27,30). The van der Waals surface area contributed by atoms with Crippen LogP contribution in [0.3, 0.4) is 0 Å². The fourth-order valence-electron chi connectivity index (χ4n) is 3.33. The van der Waals surface area contributed by atoms with Gasteiger partial charge in [0, 0.05) is 11.6 Å². The van der Waals surface area contributed by atoms with Crippen LogP contribution < -0.4 is 20.3 Å². The van der Waals surface area contributed by atoms with Gasteiger partial charge in [0.15, 0.2) is 11.5 Å². The van der Waals surface area contributed by atoms with E-state index in [0.717, 1.165) is 11.1 Å². The summed E-state index contributed by atoms with van der Waals surface area (Å²) in [6.07, 6.45) is 1.36. The minimum Gasteiger partial charge on any atom is -0.493 e. The number of ether oxygens (including phenoxy) is 2. The van der Waals surface area contributed by atoms with Crippen molar-refractivity contribution in [2.75, 3.05) is 7.11 Å². The second kappa shape index (κ2) is 10.2. The summed E-state index contributed by atoms with van der Waals surface area (Å²) in [5.74, 6) is 0.872. The summed E-state index contributed by atoms with van der Waals surface area (Å²) in [4.78, 5) is 29.3. The Hall–Kier alpha value is -3.84. The summed E-state index contributed by atoms with van der Waals surface area (Å²) >= 11 is 5.98. The molecule has 4 aromatic rings. The van der Waals surface area contributed by atoms with E-state index in [0.29, 0.717) is 34.0 Å². The van der Waals surface area contributed by atoms with Gasteiger partial charge in [0.05, 0.1) is 24.3 Å². The molecule has 1 N–H and O–H groups in total. The zero-order chi connectivity index (χ0) is 23.2. The van der Waals surface area contributed by atoms with Gasteiger partial charge in [-0.2, -0.15) is 0 Å². The first-order valence-electron chi connectivity index (χ1n) is 10.3. The molecule has 0 radical (unpaired) electrons. The molecule has 0 fully saturated rings. The number of amides is 1. The number of nitrogens with zero attached hydrogens (tertiary/aromatic N) is 2. The predicted molar refractivity (Wildman–Crippen MR) is 127 cm³/mol. The molecule has 0 saturated heterocycles. The summed E-state index contributed by atoms with van der Waals surface area (Å²) in [6, 6.07) is 20.2. The molecular weight excluding hydrogens is 442 g/mol. The molecule has 0 aliphatic rings. The highest BCUT2D eigenvalue weighted by atomic mass is 35.5. The zero-order valence-electron chi connectivity index (χ0n) is 18.0. The van der Waals surface area contributed by atoms with Crippen LogP contribution in [0.2, 0.25) is 5.02 Å². The Kier molecular flexibility index (Phi) is 6.90. The number of benzene rings is 3. The van der Waals surface area contributed by atoms with Crippen molar-refractivity contribution in [1.29, 1.82) is 0 Å². The largest absolute Gasteiger partial charge is 0.493 e. The summed E-state index contributed by atoms with van der Waals surface area (Å²) in [7, 11) is 1.57. The highest BCUT2D eigenvalue weighted by molar-refractivity contribution is 6.31. The fraction of sp³-hybridized carbons (Fsp3) is 0.160. The maximum atomic E-state index is 12.6. The topological polar surface area (TPSA) is 82.5 Å². The molecule has 3 aromatic carbocycles. The van der Waals surface area contributed by atoms with Crippen LogP contribution in [0.1, 0.15) is 11.1 Å². The van der Waals surface area contributed by atoms with E-state index >= 15 is 0 Å². The Morgan fingerprint density at radius 1 is 1.03 bits per heavy atom. The highest BCUT2D eigenvalue weighted by Crippen LogP contribution is 2.28. The Bertz CT molecular complexity index is 1340. The van der Waals surface area contributed by atoms with Crippen LogP contribution in [0, 0.1) is 0 Å². The number of aromatic nitrogens is 2. The number of carbonyl (C=O) groups excluding carboxylic acids is 1. The maximum absolute atomic E-state index is 12.6. The van der Waals surface area contributed by atoms with Crippen LogP contribution in [0.25, 0.3) is 10.9 Å².